The molecular weight excluding hydrogens is 236 g/mol. The molecule has 2 rings (SSSR count). The molecular formula is C16H26N2O. The second-order valence-corrected chi connectivity index (χ2v) is 5.32. The number of anilines is 2. The maximum absolute atomic E-state index is 6.01. The van der Waals surface area contributed by atoms with E-state index in [0.29, 0.717) is 12.6 Å². The average molecular weight is 262 g/mol. The Balaban J connectivity index is 2.22. The number of benzene rings is 1. The lowest BCUT2D eigenvalue weighted by molar-refractivity contribution is 0.340. The van der Waals surface area contributed by atoms with E-state index in [0.717, 1.165) is 18.0 Å². The Labute approximate surface area is 116 Å². The molecule has 0 amide bonds. The minimum atomic E-state index is 0.662. The smallest absolute Gasteiger partial charge is 0.123 e. The van der Waals surface area contributed by atoms with E-state index in [1.54, 1.807) is 0 Å². The van der Waals surface area contributed by atoms with Crippen molar-refractivity contribution in [2.24, 2.45) is 0 Å². The van der Waals surface area contributed by atoms with E-state index in [2.05, 4.69) is 24.0 Å². The first-order valence-corrected chi connectivity index (χ1v) is 7.54. The molecule has 1 aromatic rings. The summed E-state index contributed by atoms with van der Waals surface area (Å²) in [6.45, 7) is 6.09. The predicted octanol–water partition coefficient (Wildman–Crippen LogP) is 3.83. The number of hydrogen-bond acceptors (Lipinski definition) is 3. The van der Waals surface area contributed by atoms with E-state index in [1.807, 2.05) is 13.0 Å². The van der Waals surface area contributed by atoms with Crippen molar-refractivity contribution in [3.05, 3.63) is 18.2 Å². The quantitative estimate of drug-likeness (QED) is 0.820. The summed E-state index contributed by atoms with van der Waals surface area (Å²) in [7, 11) is 0. The van der Waals surface area contributed by atoms with Crippen LogP contribution in [0.4, 0.5) is 11.4 Å². The molecule has 0 aromatic heterocycles. The Bertz CT molecular complexity index is 404. The molecule has 1 unspecified atom stereocenters. The summed E-state index contributed by atoms with van der Waals surface area (Å²) >= 11 is 0. The minimum absolute atomic E-state index is 0.662. The SMILES string of the molecule is CCCC1CCCCN1c1cc(N)cc(OCC)c1. The van der Waals surface area contributed by atoms with Gasteiger partial charge in [-0.1, -0.05) is 13.3 Å². The number of hydrogen-bond donors (Lipinski definition) is 1. The molecule has 3 nitrogen and oxygen atoms in total. The van der Waals surface area contributed by atoms with Crippen LogP contribution in [0.3, 0.4) is 0 Å². The van der Waals surface area contributed by atoms with Gasteiger partial charge >= 0.3 is 0 Å². The maximum atomic E-state index is 6.01. The Morgan fingerprint density at radius 2 is 2.11 bits per heavy atom. The molecule has 0 radical (unpaired) electrons. The van der Waals surface area contributed by atoms with Crippen LogP contribution in [0.1, 0.15) is 46.0 Å². The van der Waals surface area contributed by atoms with Crippen LogP contribution in [-0.4, -0.2) is 19.2 Å². The molecule has 2 N–H and O–H groups in total. The summed E-state index contributed by atoms with van der Waals surface area (Å²) in [5, 5.41) is 0. The summed E-state index contributed by atoms with van der Waals surface area (Å²) in [5.41, 5.74) is 8.03. The highest BCUT2D eigenvalue weighted by atomic mass is 16.5. The first kappa shape index (κ1) is 14.0. The van der Waals surface area contributed by atoms with Gasteiger partial charge in [0.1, 0.15) is 5.75 Å². The summed E-state index contributed by atoms with van der Waals surface area (Å²) in [6, 6.07) is 6.78. The van der Waals surface area contributed by atoms with E-state index in [9.17, 15) is 0 Å². The third kappa shape index (κ3) is 3.55. The molecule has 106 valence electrons. The van der Waals surface area contributed by atoms with Crippen molar-refractivity contribution in [2.45, 2.75) is 52.0 Å². The molecule has 1 aromatic carbocycles. The van der Waals surface area contributed by atoms with Gasteiger partial charge in [-0.2, -0.15) is 0 Å². The van der Waals surface area contributed by atoms with E-state index in [4.69, 9.17) is 10.5 Å². The van der Waals surface area contributed by atoms with Crippen molar-refractivity contribution in [2.75, 3.05) is 23.8 Å². The maximum Gasteiger partial charge on any atom is 0.123 e. The monoisotopic (exact) mass is 262 g/mol. The molecule has 0 aliphatic carbocycles. The second-order valence-electron chi connectivity index (χ2n) is 5.32. The third-order valence-electron chi connectivity index (χ3n) is 3.81. The molecule has 1 aliphatic heterocycles. The Morgan fingerprint density at radius 1 is 1.26 bits per heavy atom. The van der Waals surface area contributed by atoms with Crippen LogP contribution in [0.15, 0.2) is 18.2 Å². The molecule has 0 bridgehead atoms. The lowest BCUT2D eigenvalue weighted by atomic mass is 9.97. The molecule has 0 spiro atoms. The topological polar surface area (TPSA) is 38.5 Å². The number of nitrogens with zero attached hydrogens (tertiary/aromatic N) is 1. The van der Waals surface area contributed by atoms with Crippen LogP contribution in [0.2, 0.25) is 0 Å². The number of rotatable bonds is 5. The van der Waals surface area contributed by atoms with Crippen molar-refractivity contribution >= 4 is 11.4 Å². The van der Waals surface area contributed by atoms with Gasteiger partial charge < -0.3 is 15.4 Å². The first-order valence-electron chi connectivity index (χ1n) is 7.54. The van der Waals surface area contributed by atoms with Crippen molar-refractivity contribution in [1.82, 2.24) is 0 Å². The van der Waals surface area contributed by atoms with Crippen molar-refractivity contribution in [3.63, 3.8) is 0 Å². The van der Waals surface area contributed by atoms with Crippen molar-refractivity contribution < 1.29 is 4.74 Å². The lowest BCUT2D eigenvalue weighted by Crippen LogP contribution is -2.39. The number of nitrogen functional groups attached to an aromatic ring is 1. The Hall–Kier alpha value is -1.38. The number of nitrogens with two attached hydrogens (primary N) is 1. The minimum Gasteiger partial charge on any atom is -0.494 e. The highest BCUT2D eigenvalue weighted by molar-refractivity contribution is 5.61. The summed E-state index contributed by atoms with van der Waals surface area (Å²) in [4.78, 5) is 2.52. The third-order valence-corrected chi connectivity index (χ3v) is 3.81. The van der Waals surface area contributed by atoms with Gasteiger partial charge in [-0.15, -0.1) is 0 Å². The molecule has 0 saturated carbocycles. The standard InChI is InChI=1S/C16H26N2O/c1-3-7-14-8-5-6-9-18(14)15-10-13(17)11-16(12-15)19-4-2/h10-12,14H,3-9,17H2,1-2H3. The van der Waals surface area contributed by atoms with Crippen LogP contribution in [-0.2, 0) is 0 Å². The number of piperidine rings is 1. The van der Waals surface area contributed by atoms with Crippen LogP contribution >= 0.6 is 0 Å². The molecule has 1 saturated heterocycles. The van der Waals surface area contributed by atoms with E-state index in [1.165, 1.54) is 37.8 Å². The summed E-state index contributed by atoms with van der Waals surface area (Å²) < 4.78 is 5.61. The van der Waals surface area contributed by atoms with Gasteiger partial charge in [-0.25, -0.2) is 0 Å². The van der Waals surface area contributed by atoms with Gasteiger partial charge in [0.2, 0.25) is 0 Å². The fraction of sp³-hybridized carbons (Fsp3) is 0.625. The fourth-order valence-corrected chi connectivity index (χ4v) is 3.00. The van der Waals surface area contributed by atoms with Gasteiger partial charge in [0.05, 0.1) is 6.61 Å². The first-order chi connectivity index (χ1) is 9.24. The Morgan fingerprint density at radius 3 is 2.84 bits per heavy atom. The van der Waals surface area contributed by atoms with E-state index < -0.39 is 0 Å². The van der Waals surface area contributed by atoms with Gasteiger partial charge in [-0.3, -0.25) is 0 Å². The molecule has 3 heteroatoms. The molecule has 1 atom stereocenters. The van der Waals surface area contributed by atoms with Crippen LogP contribution in [0.25, 0.3) is 0 Å². The predicted molar refractivity (Wildman–Crippen MR) is 81.9 cm³/mol. The second kappa shape index (κ2) is 6.69. The van der Waals surface area contributed by atoms with Gasteiger partial charge in [0.15, 0.2) is 0 Å². The zero-order valence-corrected chi connectivity index (χ0v) is 12.2. The van der Waals surface area contributed by atoms with Crippen molar-refractivity contribution in [1.29, 1.82) is 0 Å². The zero-order chi connectivity index (χ0) is 13.7. The van der Waals surface area contributed by atoms with Gasteiger partial charge in [-0.05, 0) is 38.7 Å². The van der Waals surface area contributed by atoms with Crippen LogP contribution < -0.4 is 15.4 Å². The average Bonchev–Trinajstić information content (AvgIpc) is 2.39. The fourth-order valence-electron chi connectivity index (χ4n) is 3.00. The van der Waals surface area contributed by atoms with Gasteiger partial charge in [0, 0.05) is 36.1 Å². The highest BCUT2D eigenvalue weighted by Gasteiger charge is 2.22. The lowest BCUT2D eigenvalue weighted by Gasteiger charge is -2.38. The normalized spacial score (nSPS) is 19.5. The van der Waals surface area contributed by atoms with Gasteiger partial charge in [0.25, 0.3) is 0 Å². The van der Waals surface area contributed by atoms with Crippen LogP contribution in [0, 0.1) is 0 Å². The molecule has 19 heavy (non-hydrogen) atoms. The van der Waals surface area contributed by atoms with Crippen molar-refractivity contribution in [3.8, 4) is 5.75 Å². The van der Waals surface area contributed by atoms with E-state index in [-0.39, 0.29) is 0 Å². The Kier molecular flexibility index (Phi) is 4.94. The number of ether oxygens (including phenoxy) is 1. The van der Waals surface area contributed by atoms with Crippen LogP contribution in [0.5, 0.6) is 5.75 Å². The van der Waals surface area contributed by atoms with E-state index >= 15 is 0 Å². The largest absolute Gasteiger partial charge is 0.494 e. The molecule has 1 aliphatic rings. The molecule has 1 fully saturated rings. The molecule has 1 heterocycles. The summed E-state index contributed by atoms with van der Waals surface area (Å²) in [6.07, 6.45) is 6.42. The summed E-state index contributed by atoms with van der Waals surface area (Å²) in [5.74, 6) is 0.887. The zero-order valence-electron chi connectivity index (χ0n) is 12.2. The highest BCUT2D eigenvalue weighted by Crippen LogP contribution is 2.31.